The van der Waals surface area contributed by atoms with Crippen LogP contribution in [0.5, 0.6) is 0 Å². The van der Waals surface area contributed by atoms with Crippen LogP contribution in [0.2, 0.25) is 0 Å². The molecule has 0 fully saturated rings. The Labute approximate surface area is 118 Å². The molecule has 0 radical (unpaired) electrons. The Morgan fingerprint density at radius 1 is 1.50 bits per heavy atom. The van der Waals surface area contributed by atoms with Crippen LogP contribution in [0.3, 0.4) is 0 Å². The monoisotopic (exact) mass is 284 g/mol. The Morgan fingerprint density at radius 3 is 2.61 bits per heavy atom. The first-order valence-electron chi connectivity index (χ1n) is 6.04. The van der Waals surface area contributed by atoms with E-state index in [1.807, 2.05) is 24.0 Å². The lowest BCUT2D eigenvalue weighted by Gasteiger charge is -2.23. The zero-order chi connectivity index (χ0) is 13.7. The second-order valence-electron chi connectivity index (χ2n) is 4.77. The highest BCUT2D eigenvalue weighted by molar-refractivity contribution is 7.80. The Hall–Kier alpha value is -0.940. The average molecular weight is 284 g/mol. The maximum absolute atomic E-state index is 12.4. The van der Waals surface area contributed by atoms with E-state index in [4.69, 9.17) is 18.0 Å². The molecule has 18 heavy (non-hydrogen) atoms. The van der Waals surface area contributed by atoms with Gasteiger partial charge in [0, 0.05) is 24.4 Å². The molecule has 0 bridgehead atoms. The van der Waals surface area contributed by atoms with E-state index in [9.17, 15) is 4.79 Å². The number of nitrogens with zero attached hydrogens (tertiary/aromatic N) is 1. The Balaban J connectivity index is 2.75. The first-order valence-corrected chi connectivity index (χ1v) is 7.26. The highest BCUT2D eigenvalue weighted by atomic mass is 32.1. The predicted octanol–water partition coefficient (Wildman–Crippen LogP) is 2.83. The van der Waals surface area contributed by atoms with E-state index in [0.29, 0.717) is 23.9 Å². The molecule has 0 aliphatic carbocycles. The van der Waals surface area contributed by atoms with Gasteiger partial charge in [-0.25, -0.2) is 0 Å². The molecule has 0 aliphatic heterocycles. The van der Waals surface area contributed by atoms with E-state index in [-0.39, 0.29) is 5.91 Å². The van der Waals surface area contributed by atoms with Crippen LogP contribution in [0.1, 0.15) is 34.8 Å². The van der Waals surface area contributed by atoms with Crippen LogP contribution in [0.15, 0.2) is 12.1 Å². The summed E-state index contributed by atoms with van der Waals surface area (Å²) >= 11 is 6.41. The summed E-state index contributed by atoms with van der Waals surface area (Å²) in [7, 11) is 0. The zero-order valence-corrected chi connectivity index (χ0v) is 12.7. The van der Waals surface area contributed by atoms with Crippen molar-refractivity contribution < 1.29 is 4.79 Å². The third kappa shape index (κ3) is 4.74. The second kappa shape index (κ2) is 6.85. The third-order valence-corrected chi connectivity index (χ3v) is 3.64. The highest BCUT2D eigenvalue weighted by Gasteiger charge is 2.18. The van der Waals surface area contributed by atoms with Crippen LogP contribution in [0.4, 0.5) is 0 Å². The normalized spacial score (nSPS) is 10.7. The van der Waals surface area contributed by atoms with Gasteiger partial charge in [0.1, 0.15) is 0 Å². The number of carbonyl (C=O) groups excluding carboxylic acids is 1. The molecule has 0 unspecified atom stereocenters. The van der Waals surface area contributed by atoms with Gasteiger partial charge in [0.05, 0.1) is 9.87 Å². The molecule has 0 aliphatic rings. The van der Waals surface area contributed by atoms with Crippen molar-refractivity contribution >= 4 is 34.5 Å². The molecule has 0 aromatic carbocycles. The van der Waals surface area contributed by atoms with Crippen LogP contribution >= 0.6 is 23.6 Å². The maximum atomic E-state index is 12.4. The van der Waals surface area contributed by atoms with Gasteiger partial charge in [-0.05, 0) is 25.0 Å². The minimum absolute atomic E-state index is 0.0815. The first kappa shape index (κ1) is 15.1. The van der Waals surface area contributed by atoms with E-state index in [2.05, 4.69) is 13.8 Å². The molecule has 2 N–H and O–H groups in total. The van der Waals surface area contributed by atoms with Crippen molar-refractivity contribution in [2.45, 2.75) is 27.2 Å². The van der Waals surface area contributed by atoms with Crippen LogP contribution in [0.25, 0.3) is 0 Å². The fourth-order valence-corrected chi connectivity index (χ4v) is 2.59. The van der Waals surface area contributed by atoms with Crippen molar-refractivity contribution in [3.05, 3.63) is 21.9 Å². The highest BCUT2D eigenvalue weighted by Crippen LogP contribution is 2.18. The Morgan fingerprint density at radius 2 is 2.17 bits per heavy atom. The molecule has 0 saturated heterocycles. The first-order chi connectivity index (χ1) is 8.40. The lowest BCUT2D eigenvalue weighted by Crippen LogP contribution is -2.36. The van der Waals surface area contributed by atoms with Crippen molar-refractivity contribution in [2.75, 3.05) is 13.1 Å². The van der Waals surface area contributed by atoms with Gasteiger partial charge in [-0.2, -0.15) is 0 Å². The number of aryl methyl sites for hydroxylation is 1. The quantitative estimate of drug-likeness (QED) is 0.817. The van der Waals surface area contributed by atoms with E-state index >= 15 is 0 Å². The number of carbonyl (C=O) groups is 1. The van der Waals surface area contributed by atoms with Gasteiger partial charge in [0.15, 0.2) is 0 Å². The molecule has 1 amide bonds. The maximum Gasteiger partial charge on any atom is 0.263 e. The van der Waals surface area contributed by atoms with Crippen molar-refractivity contribution in [1.29, 1.82) is 0 Å². The number of rotatable bonds is 6. The molecule has 1 rings (SSSR count). The van der Waals surface area contributed by atoms with Gasteiger partial charge >= 0.3 is 0 Å². The summed E-state index contributed by atoms with van der Waals surface area (Å²) in [6.45, 7) is 7.53. The molecule has 0 saturated carbocycles. The minimum Gasteiger partial charge on any atom is -0.393 e. The SMILES string of the molecule is Cc1ccc(C(=O)N(CCC(N)=S)CC(C)C)s1. The summed E-state index contributed by atoms with van der Waals surface area (Å²) in [6.07, 6.45) is 0.581. The number of thiophene rings is 1. The fraction of sp³-hybridized carbons (Fsp3) is 0.538. The van der Waals surface area contributed by atoms with Crippen LogP contribution in [0, 0.1) is 12.8 Å². The number of hydrogen-bond acceptors (Lipinski definition) is 3. The lowest BCUT2D eigenvalue weighted by molar-refractivity contribution is 0.0746. The van der Waals surface area contributed by atoms with Gasteiger partial charge < -0.3 is 10.6 Å². The fourth-order valence-electron chi connectivity index (χ4n) is 1.67. The molecule has 1 aromatic heterocycles. The number of amides is 1. The topological polar surface area (TPSA) is 46.3 Å². The molecular formula is C13H20N2OS2. The molecular weight excluding hydrogens is 264 g/mol. The summed E-state index contributed by atoms with van der Waals surface area (Å²) in [5, 5.41) is 0. The van der Waals surface area contributed by atoms with Gasteiger partial charge in [0.2, 0.25) is 0 Å². The van der Waals surface area contributed by atoms with Gasteiger partial charge in [-0.15, -0.1) is 11.3 Å². The average Bonchev–Trinajstić information content (AvgIpc) is 2.69. The van der Waals surface area contributed by atoms with Crippen LogP contribution < -0.4 is 5.73 Å². The molecule has 1 aromatic rings. The van der Waals surface area contributed by atoms with E-state index in [0.717, 1.165) is 16.3 Å². The molecule has 3 nitrogen and oxygen atoms in total. The summed E-state index contributed by atoms with van der Waals surface area (Å²) in [5.41, 5.74) is 5.51. The zero-order valence-electron chi connectivity index (χ0n) is 11.1. The number of hydrogen-bond donors (Lipinski definition) is 1. The molecule has 0 atom stereocenters. The lowest BCUT2D eigenvalue weighted by atomic mass is 10.2. The van der Waals surface area contributed by atoms with Crippen molar-refractivity contribution in [1.82, 2.24) is 4.90 Å². The number of thiocarbonyl (C=S) groups is 1. The number of nitrogens with two attached hydrogens (primary N) is 1. The second-order valence-corrected chi connectivity index (χ2v) is 6.58. The third-order valence-electron chi connectivity index (χ3n) is 2.45. The Kier molecular flexibility index (Phi) is 5.75. The minimum atomic E-state index is 0.0815. The van der Waals surface area contributed by atoms with Crippen LogP contribution in [-0.2, 0) is 0 Å². The Bertz CT molecular complexity index is 426. The summed E-state index contributed by atoms with van der Waals surface area (Å²) in [6, 6.07) is 3.86. The van der Waals surface area contributed by atoms with E-state index in [1.54, 1.807) is 0 Å². The largest absolute Gasteiger partial charge is 0.393 e. The van der Waals surface area contributed by atoms with Gasteiger partial charge in [0.25, 0.3) is 5.91 Å². The van der Waals surface area contributed by atoms with Crippen molar-refractivity contribution in [3.63, 3.8) is 0 Å². The summed E-state index contributed by atoms with van der Waals surface area (Å²) in [4.78, 5) is 16.6. The van der Waals surface area contributed by atoms with Crippen LogP contribution in [-0.4, -0.2) is 28.9 Å². The van der Waals surface area contributed by atoms with E-state index in [1.165, 1.54) is 11.3 Å². The summed E-state index contributed by atoms with van der Waals surface area (Å²) < 4.78 is 0. The van der Waals surface area contributed by atoms with Gasteiger partial charge in [-0.1, -0.05) is 26.1 Å². The van der Waals surface area contributed by atoms with E-state index < -0.39 is 0 Å². The smallest absolute Gasteiger partial charge is 0.263 e. The molecule has 0 spiro atoms. The molecule has 1 heterocycles. The predicted molar refractivity (Wildman–Crippen MR) is 81.2 cm³/mol. The summed E-state index contributed by atoms with van der Waals surface area (Å²) in [5.74, 6) is 0.513. The molecule has 100 valence electrons. The standard InChI is InChI=1S/C13H20N2OS2/c1-9(2)8-15(7-6-12(14)17)13(16)11-5-4-10(3)18-11/h4-5,9H,6-8H2,1-3H3,(H2,14,17). The van der Waals surface area contributed by atoms with Crippen molar-refractivity contribution in [3.8, 4) is 0 Å². The van der Waals surface area contributed by atoms with Crippen molar-refractivity contribution in [2.24, 2.45) is 11.7 Å². The van der Waals surface area contributed by atoms with Gasteiger partial charge in [-0.3, -0.25) is 4.79 Å². The molecule has 5 heteroatoms.